The molecule has 1 aromatic heterocycles. The maximum Gasteiger partial charge on any atom is 0.246 e. The summed E-state index contributed by atoms with van der Waals surface area (Å²) in [5.41, 5.74) is 14.5. The van der Waals surface area contributed by atoms with Crippen LogP contribution in [-0.4, -0.2) is 93.4 Å². The Labute approximate surface area is 425 Å². The molecule has 4 aromatic carbocycles. The minimum atomic E-state index is -0.916. The summed E-state index contributed by atoms with van der Waals surface area (Å²) in [5, 5.41) is 21.7. The van der Waals surface area contributed by atoms with E-state index in [2.05, 4.69) is 33.1 Å². The lowest BCUT2D eigenvalue weighted by Crippen LogP contribution is -2.57. The number of nitrogens with two attached hydrogens (primary N) is 1. The minimum Gasteiger partial charge on any atom is -0.391 e. The van der Waals surface area contributed by atoms with Gasteiger partial charge in [0, 0.05) is 45.2 Å². The molecule has 0 spiro atoms. The van der Waals surface area contributed by atoms with Gasteiger partial charge in [-0.15, -0.1) is 11.3 Å². The summed E-state index contributed by atoms with van der Waals surface area (Å²) >= 11 is 1.57. The molecule has 6 N–H and O–H groups in total. The highest BCUT2D eigenvalue weighted by Gasteiger charge is 2.45. The van der Waals surface area contributed by atoms with Crippen LogP contribution in [0.1, 0.15) is 106 Å². The Morgan fingerprint density at radius 1 is 0.889 bits per heavy atom. The van der Waals surface area contributed by atoms with Crippen molar-refractivity contribution in [3.63, 3.8) is 0 Å². The number of hydrogen-bond acceptors (Lipinski definition) is 10. The van der Waals surface area contributed by atoms with Crippen LogP contribution in [0.2, 0.25) is 0 Å². The second kappa shape index (κ2) is 22.5. The monoisotopic (exact) mass is 997 g/mol. The van der Waals surface area contributed by atoms with Crippen molar-refractivity contribution in [1.82, 2.24) is 25.8 Å². The first-order valence-corrected chi connectivity index (χ1v) is 26.0. The summed E-state index contributed by atoms with van der Waals surface area (Å²) in [5.74, 6) is -1.85. The van der Waals surface area contributed by atoms with Crippen LogP contribution in [0.15, 0.2) is 84.4 Å². The molecule has 8 rings (SSSR count). The number of aromatic nitrogens is 1. The quantitative estimate of drug-likeness (QED) is 0.0623. The summed E-state index contributed by atoms with van der Waals surface area (Å²) in [6.07, 6.45) is 2.81. The number of amides is 6. The number of ether oxygens (including phenoxy) is 1. The van der Waals surface area contributed by atoms with Gasteiger partial charge in [-0.3, -0.25) is 33.7 Å². The molecule has 0 bridgehead atoms. The highest BCUT2D eigenvalue weighted by molar-refractivity contribution is 7.13. The third-order valence-corrected chi connectivity index (χ3v) is 15.2. The number of primary amides is 1. The molecule has 0 unspecified atom stereocenters. The molecular weight excluding hydrogens is 931 g/mol. The minimum absolute atomic E-state index is 0.00251. The van der Waals surface area contributed by atoms with Crippen molar-refractivity contribution in [2.45, 2.75) is 148 Å². The smallest absolute Gasteiger partial charge is 0.246 e. The molecule has 4 heterocycles. The van der Waals surface area contributed by atoms with Gasteiger partial charge in [0.15, 0.2) is 0 Å². The number of thiazole rings is 1. The van der Waals surface area contributed by atoms with E-state index in [-0.39, 0.29) is 69.0 Å². The van der Waals surface area contributed by atoms with E-state index >= 15 is 0 Å². The number of aliphatic hydroxyl groups excluding tert-OH is 1. The molecule has 5 aromatic rings. The highest BCUT2D eigenvalue weighted by atomic mass is 32.1. The Bertz CT molecular complexity index is 2820. The Balaban J connectivity index is 0.819. The first-order valence-electron chi connectivity index (χ1n) is 25.1. The van der Waals surface area contributed by atoms with E-state index in [1.54, 1.807) is 16.2 Å². The first-order chi connectivity index (χ1) is 34.4. The molecule has 1 saturated heterocycles. The van der Waals surface area contributed by atoms with E-state index in [4.69, 9.17) is 10.5 Å². The van der Waals surface area contributed by atoms with Crippen molar-refractivity contribution in [2.24, 2.45) is 11.1 Å². The molecule has 72 heavy (non-hydrogen) atoms. The van der Waals surface area contributed by atoms with Crippen LogP contribution in [0.5, 0.6) is 0 Å². The molecule has 0 radical (unpaired) electrons. The van der Waals surface area contributed by atoms with Gasteiger partial charge in [-0.2, -0.15) is 0 Å². The van der Waals surface area contributed by atoms with Crippen LogP contribution in [0.3, 0.4) is 0 Å². The molecule has 6 atom stereocenters. The zero-order chi connectivity index (χ0) is 51.3. The van der Waals surface area contributed by atoms with Crippen LogP contribution in [-0.2, 0) is 65.9 Å². The van der Waals surface area contributed by atoms with E-state index in [0.29, 0.717) is 25.7 Å². The number of nitrogens with one attached hydrogen (secondary N) is 3. The number of para-hydroxylation sites is 1. The number of anilines is 1. The van der Waals surface area contributed by atoms with Crippen LogP contribution in [0, 0.1) is 12.3 Å². The molecule has 380 valence electrons. The van der Waals surface area contributed by atoms with E-state index < -0.39 is 53.6 Å². The van der Waals surface area contributed by atoms with Gasteiger partial charge in [0.1, 0.15) is 18.1 Å². The number of fused-ring (bicyclic) bond motifs is 1. The maximum absolute atomic E-state index is 14.2. The molecule has 15 nitrogen and oxygen atoms in total. The normalized spacial score (nSPS) is 18.8. The van der Waals surface area contributed by atoms with Gasteiger partial charge in [0.25, 0.3) is 0 Å². The van der Waals surface area contributed by atoms with Gasteiger partial charge in [-0.25, -0.2) is 4.98 Å². The van der Waals surface area contributed by atoms with Crippen LogP contribution >= 0.6 is 11.3 Å². The fourth-order valence-corrected chi connectivity index (χ4v) is 11.0. The largest absolute Gasteiger partial charge is 0.391 e. The molecule has 1 fully saturated rings. The summed E-state index contributed by atoms with van der Waals surface area (Å²) in [6, 6.07) is 23.1. The first kappa shape index (κ1) is 51.9. The summed E-state index contributed by atoms with van der Waals surface area (Å²) < 4.78 is 6.33. The summed E-state index contributed by atoms with van der Waals surface area (Å²) in [7, 11) is 0. The van der Waals surface area contributed by atoms with Gasteiger partial charge in [-0.1, -0.05) is 93.6 Å². The second-order valence-electron chi connectivity index (χ2n) is 20.7. The third kappa shape index (κ3) is 12.2. The lowest BCUT2D eigenvalue weighted by atomic mass is 9.85. The maximum atomic E-state index is 14.2. The number of aliphatic hydroxyl groups is 1. The number of nitrogens with zero attached hydrogens (tertiary/aromatic N) is 3. The van der Waals surface area contributed by atoms with Gasteiger partial charge < -0.3 is 36.4 Å². The molecule has 3 aliphatic rings. The topological polar surface area (TPSA) is 213 Å². The van der Waals surface area contributed by atoms with Crippen LogP contribution < -0.4 is 26.6 Å². The number of aryl methyl sites for hydroxylation is 3. The van der Waals surface area contributed by atoms with E-state index in [0.717, 1.165) is 73.3 Å². The number of carbonyl (C=O) groups excluding carboxylic acids is 6. The van der Waals surface area contributed by atoms with E-state index in [9.17, 15) is 33.9 Å². The predicted molar refractivity (Wildman–Crippen MR) is 277 cm³/mol. The van der Waals surface area contributed by atoms with Crippen molar-refractivity contribution >= 4 is 63.2 Å². The third-order valence-electron chi connectivity index (χ3n) is 14.2. The van der Waals surface area contributed by atoms with Crippen molar-refractivity contribution in [3.05, 3.63) is 118 Å². The fraction of sp³-hybridized carbons (Fsp3) is 0.446. The number of benzene rings is 4. The molecule has 0 aliphatic carbocycles. The number of likely N-dealkylation sites (tertiary alicyclic amines) is 1. The fourth-order valence-electron chi connectivity index (χ4n) is 10.2. The lowest BCUT2D eigenvalue weighted by Gasteiger charge is -2.35. The number of carbonyl (C=O) groups is 6. The predicted octanol–water partition coefficient (Wildman–Crippen LogP) is 6.35. The number of β-amino-alcohol motifs (C(OH)–C–C–N with tert-alkyl or cyclic N) is 1. The van der Waals surface area contributed by atoms with Gasteiger partial charge in [0.2, 0.25) is 35.4 Å². The Hall–Kier alpha value is -6.49. The highest BCUT2D eigenvalue weighted by Crippen LogP contribution is 2.39. The molecule has 6 amide bonds. The molecular formula is C56H67N7O8S. The summed E-state index contributed by atoms with van der Waals surface area (Å²) in [6.45, 7) is 9.96. The van der Waals surface area contributed by atoms with Crippen LogP contribution in [0.25, 0.3) is 21.2 Å². The Morgan fingerprint density at radius 3 is 2.31 bits per heavy atom. The van der Waals surface area contributed by atoms with E-state index in [1.807, 2.05) is 107 Å². The zero-order valence-electron chi connectivity index (χ0n) is 41.9. The van der Waals surface area contributed by atoms with E-state index in [1.165, 1.54) is 4.90 Å². The van der Waals surface area contributed by atoms with Gasteiger partial charge in [0.05, 0.1) is 46.6 Å². The molecule has 3 aliphatic heterocycles. The standard InChI is InChI=1S/C56H67N7O8S/c1-33-51(72-32-59-33)39-19-16-36(17-20-39)29-58-53(68)45-28-43(64)30-62(45)55(70)52(56(3,4)5)61-48(66)13-6-9-35-15-21-41-26-37(18-22-40(41)25-35)31-71-34(2)44(23-24-47(57)65)60-54(69)46-27-42-12-7-10-38-11-8-14-49(67)63(46)50(38)42/h7,10,12,15-22,25-26,32,34,43-46,52,64H,6,8-9,11,13-14,23-24,27-31H2,1-5H3,(H2,57,65)(H,58,68)(H,60,69)(H,61,66)/t34-,43-,44+,45+,46+,52-/m1/s1. The average molecular weight is 998 g/mol. The van der Waals surface area contributed by atoms with Gasteiger partial charge >= 0.3 is 0 Å². The lowest BCUT2D eigenvalue weighted by molar-refractivity contribution is -0.144. The van der Waals surface area contributed by atoms with Crippen LogP contribution in [0.4, 0.5) is 5.69 Å². The SMILES string of the molecule is Cc1ncsc1-c1ccc(CNC(=O)[C@@H]2C[C@@H](O)CN2C(=O)[C@@H](NC(=O)CCCc2ccc3cc(CO[C@H](C)[C@H](CCC(N)=O)NC(=O)[C@@H]4Cc5cccc6c5N4C(=O)CCC6)ccc3c2)C(C)(C)C)cc1. The van der Waals surface area contributed by atoms with Crippen molar-refractivity contribution in [1.29, 1.82) is 0 Å². The average Bonchev–Trinajstić information content (AvgIpc) is 4.06. The Morgan fingerprint density at radius 2 is 1.60 bits per heavy atom. The van der Waals surface area contributed by atoms with Crippen molar-refractivity contribution in [3.8, 4) is 10.4 Å². The summed E-state index contributed by atoms with van der Waals surface area (Å²) in [4.78, 5) is 88.7. The van der Waals surface area contributed by atoms with Crippen molar-refractivity contribution in [2.75, 3.05) is 11.4 Å². The molecule has 0 saturated carbocycles. The van der Waals surface area contributed by atoms with Crippen molar-refractivity contribution < 1.29 is 38.6 Å². The molecule has 16 heteroatoms. The van der Waals surface area contributed by atoms with Gasteiger partial charge in [-0.05, 0) is 102 Å². The second-order valence-corrected chi connectivity index (χ2v) is 21.6. The zero-order valence-corrected chi connectivity index (χ0v) is 42.7. The Kier molecular flexibility index (Phi) is 16.2. The number of rotatable bonds is 19. The number of hydrogen-bond donors (Lipinski definition) is 5.